The predicted molar refractivity (Wildman–Crippen MR) is 87.9 cm³/mol. The Balaban J connectivity index is 1.80. The van der Waals surface area contributed by atoms with Crippen LogP contribution in [0.2, 0.25) is 0 Å². The normalized spacial score (nSPS) is 11.4. The summed E-state index contributed by atoms with van der Waals surface area (Å²) in [7, 11) is 0. The second-order valence-electron chi connectivity index (χ2n) is 4.94. The van der Waals surface area contributed by atoms with Crippen LogP contribution in [0.5, 0.6) is 0 Å². The van der Waals surface area contributed by atoms with Gasteiger partial charge < -0.3 is 0 Å². The van der Waals surface area contributed by atoms with Crippen LogP contribution >= 0.6 is 0 Å². The van der Waals surface area contributed by atoms with E-state index in [1.807, 2.05) is 31.2 Å². The monoisotopic (exact) mass is 289 g/mol. The lowest BCUT2D eigenvalue weighted by Crippen LogP contribution is -2.19. The summed E-state index contributed by atoms with van der Waals surface area (Å²) in [6.07, 6.45) is 3.14. The molecule has 0 aliphatic rings. The Morgan fingerprint density at radius 2 is 1.82 bits per heavy atom. The smallest absolute Gasteiger partial charge is 0.267 e. The molecular formula is C18H15N3O. The number of pyridine rings is 1. The molecule has 0 atom stereocenters. The second kappa shape index (κ2) is 6.18. The maximum Gasteiger partial charge on any atom is 0.272 e. The number of hydrogen-bond acceptors (Lipinski definition) is 3. The number of aromatic nitrogens is 1. The van der Waals surface area contributed by atoms with Crippen LogP contribution in [0.15, 0.2) is 72.1 Å². The molecule has 3 aromatic rings. The topological polar surface area (TPSA) is 54.4 Å². The third-order valence-corrected chi connectivity index (χ3v) is 3.42. The molecule has 2 aromatic carbocycles. The van der Waals surface area contributed by atoms with Crippen LogP contribution in [-0.4, -0.2) is 16.6 Å². The standard InChI is InChI=1S/C18H15N3O/c1-13(20-21-18(22)17-7-4-10-19-12-17)15-9-8-14-5-2-3-6-16(14)11-15/h2-12H,1H3,(H,21,22)/b20-13+. The summed E-state index contributed by atoms with van der Waals surface area (Å²) in [5.41, 5.74) is 4.77. The van der Waals surface area contributed by atoms with Crippen molar-refractivity contribution >= 4 is 22.4 Å². The summed E-state index contributed by atoms with van der Waals surface area (Å²) < 4.78 is 0. The third kappa shape index (κ3) is 3.01. The highest BCUT2D eigenvalue weighted by molar-refractivity contribution is 6.03. The summed E-state index contributed by atoms with van der Waals surface area (Å²) in [6, 6.07) is 17.7. The zero-order chi connectivity index (χ0) is 15.4. The molecule has 1 heterocycles. The average Bonchev–Trinajstić information content (AvgIpc) is 2.59. The van der Waals surface area contributed by atoms with Crippen LogP contribution in [0, 0.1) is 0 Å². The summed E-state index contributed by atoms with van der Waals surface area (Å²) in [5.74, 6) is -0.270. The van der Waals surface area contributed by atoms with Crippen molar-refractivity contribution in [2.75, 3.05) is 0 Å². The average molecular weight is 289 g/mol. The molecule has 0 radical (unpaired) electrons. The van der Waals surface area contributed by atoms with Crippen molar-refractivity contribution in [1.29, 1.82) is 0 Å². The van der Waals surface area contributed by atoms with Crippen LogP contribution in [0.3, 0.4) is 0 Å². The van der Waals surface area contributed by atoms with Crippen LogP contribution in [-0.2, 0) is 0 Å². The number of fused-ring (bicyclic) bond motifs is 1. The largest absolute Gasteiger partial charge is 0.272 e. The Kier molecular flexibility index (Phi) is 3.92. The van der Waals surface area contributed by atoms with Gasteiger partial charge in [0.15, 0.2) is 0 Å². The third-order valence-electron chi connectivity index (χ3n) is 3.42. The van der Waals surface area contributed by atoms with Gasteiger partial charge in [-0.1, -0.05) is 36.4 Å². The van der Waals surface area contributed by atoms with E-state index < -0.39 is 0 Å². The Labute approximate surface area is 128 Å². The number of hydrogen-bond donors (Lipinski definition) is 1. The number of nitrogens with one attached hydrogen (secondary N) is 1. The zero-order valence-corrected chi connectivity index (χ0v) is 12.2. The van der Waals surface area contributed by atoms with Gasteiger partial charge in [-0.25, -0.2) is 5.43 Å². The first kappa shape index (κ1) is 13.9. The lowest BCUT2D eigenvalue weighted by molar-refractivity contribution is 0.0954. The van der Waals surface area contributed by atoms with Crippen molar-refractivity contribution in [3.63, 3.8) is 0 Å². The number of amides is 1. The fourth-order valence-electron chi connectivity index (χ4n) is 2.18. The molecule has 1 N–H and O–H groups in total. The lowest BCUT2D eigenvalue weighted by Gasteiger charge is -2.04. The number of rotatable bonds is 3. The number of carbonyl (C=O) groups is 1. The molecule has 1 amide bonds. The molecule has 0 fully saturated rings. The van der Waals surface area contributed by atoms with Crippen LogP contribution in [0.25, 0.3) is 10.8 Å². The summed E-state index contributed by atoms with van der Waals surface area (Å²) >= 11 is 0. The molecule has 22 heavy (non-hydrogen) atoms. The molecule has 0 saturated heterocycles. The Morgan fingerprint density at radius 1 is 1.00 bits per heavy atom. The molecule has 1 aromatic heterocycles. The SMILES string of the molecule is C/C(=N\NC(=O)c1cccnc1)c1ccc2ccccc2c1. The van der Waals surface area contributed by atoms with E-state index in [0.717, 1.165) is 16.7 Å². The summed E-state index contributed by atoms with van der Waals surface area (Å²) in [4.78, 5) is 15.9. The van der Waals surface area contributed by atoms with E-state index in [1.165, 1.54) is 11.6 Å². The Hall–Kier alpha value is -3.01. The van der Waals surface area contributed by atoms with E-state index in [-0.39, 0.29) is 5.91 Å². The van der Waals surface area contributed by atoms with E-state index in [9.17, 15) is 4.79 Å². The van der Waals surface area contributed by atoms with Gasteiger partial charge in [0.2, 0.25) is 0 Å². The van der Waals surface area contributed by atoms with E-state index >= 15 is 0 Å². The number of nitrogens with zero attached hydrogens (tertiary/aromatic N) is 2. The minimum atomic E-state index is -0.270. The first-order valence-corrected chi connectivity index (χ1v) is 6.98. The second-order valence-corrected chi connectivity index (χ2v) is 4.94. The zero-order valence-electron chi connectivity index (χ0n) is 12.2. The fourth-order valence-corrected chi connectivity index (χ4v) is 2.18. The lowest BCUT2D eigenvalue weighted by atomic mass is 10.0. The summed E-state index contributed by atoms with van der Waals surface area (Å²) in [6.45, 7) is 1.87. The first-order valence-electron chi connectivity index (χ1n) is 6.98. The highest BCUT2D eigenvalue weighted by atomic mass is 16.2. The van der Waals surface area contributed by atoms with Gasteiger partial charge in [-0.15, -0.1) is 0 Å². The molecule has 108 valence electrons. The van der Waals surface area contributed by atoms with Gasteiger partial charge in [-0.2, -0.15) is 5.10 Å². The van der Waals surface area contributed by atoms with Gasteiger partial charge in [0.25, 0.3) is 5.91 Å². The summed E-state index contributed by atoms with van der Waals surface area (Å²) in [5, 5.41) is 6.49. The molecule has 0 unspecified atom stereocenters. The van der Waals surface area contributed by atoms with Gasteiger partial charge in [0.05, 0.1) is 11.3 Å². The van der Waals surface area contributed by atoms with E-state index in [1.54, 1.807) is 18.3 Å². The molecule has 4 heteroatoms. The molecule has 3 rings (SSSR count). The molecule has 0 bridgehead atoms. The number of carbonyl (C=O) groups excluding carboxylic acids is 1. The van der Waals surface area contributed by atoms with E-state index in [4.69, 9.17) is 0 Å². The maximum absolute atomic E-state index is 11.9. The van der Waals surface area contributed by atoms with Gasteiger partial charge in [-0.3, -0.25) is 9.78 Å². The number of hydrazone groups is 1. The fraction of sp³-hybridized carbons (Fsp3) is 0.0556. The van der Waals surface area contributed by atoms with E-state index in [2.05, 4.69) is 33.7 Å². The van der Waals surface area contributed by atoms with Gasteiger partial charge >= 0.3 is 0 Å². The highest BCUT2D eigenvalue weighted by Crippen LogP contribution is 2.16. The Morgan fingerprint density at radius 3 is 2.59 bits per heavy atom. The maximum atomic E-state index is 11.9. The molecule has 0 aliphatic carbocycles. The van der Waals surface area contributed by atoms with Crippen LogP contribution in [0.1, 0.15) is 22.8 Å². The van der Waals surface area contributed by atoms with Crippen LogP contribution in [0.4, 0.5) is 0 Å². The van der Waals surface area contributed by atoms with Gasteiger partial charge in [-0.05, 0) is 41.5 Å². The minimum Gasteiger partial charge on any atom is -0.267 e. The molecule has 4 nitrogen and oxygen atoms in total. The van der Waals surface area contributed by atoms with Crippen molar-refractivity contribution in [3.8, 4) is 0 Å². The molecule has 0 saturated carbocycles. The van der Waals surface area contributed by atoms with Crippen molar-refractivity contribution < 1.29 is 4.79 Å². The van der Waals surface area contributed by atoms with Crippen LogP contribution < -0.4 is 5.43 Å². The molecular weight excluding hydrogens is 274 g/mol. The minimum absolute atomic E-state index is 0.270. The van der Waals surface area contributed by atoms with Crippen molar-refractivity contribution in [2.24, 2.45) is 5.10 Å². The Bertz CT molecular complexity index is 841. The highest BCUT2D eigenvalue weighted by Gasteiger charge is 2.04. The first-order chi connectivity index (χ1) is 10.7. The van der Waals surface area contributed by atoms with Gasteiger partial charge in [0, 0.05) is 12.4 Å². The van der Waals surface area contributed by atoms with Crippen molar-refractivity contribution in [1.82, 2.24) is 10.4 Å². The number of benzene rings is 2. The molecule has 0 aliphatic heterocycles. The van der Waals surface area contributed by atoms with Gasteiger partial charge in [0.1, 0.15) is 0 Å². The predicted octanol–water partition coefficient (Wildman–Crippen LogP) is 3.39. The molecule has 0 spiro atoms. The van der Waals surface area contributed by atoms with Crippen molar-refractivity contribution in [3.05, 3.63) is 78.1 Å². The quantitative estimate of drug-likeness (QED) is 0.593. The van der Waals surface area contributed by atoms with Crippen molar-refractivity contribution in [2.45, 2.75) is 6.92 Å². The van der Waals surface area contributed by atoms with E-state index in [0.29, 0.717) is 5.56 Å².